The Hall–Kier alpha value is -0.355. The molecular formula is C16H29BO4. The minimum absolute atomic E-state index is 0.0319. The second-order valence-electron chi connectivity index (χ2n) is 7.01. The van der Waals surface area contributed by atoms with Crippen molar-refractivity contribution in [3.8, 4) is 0 Å². The van der Waals surface area contributed by atoms with Gasteiger partial charge >= 0.3 is 7.12 Å². The van der Waals surface area contributed by atoms with Crippen LogP contribution in [-0.2, 0) is 18.8 Å². The van der Waals surface area contributed by atoms with Gasteiger partial charge in [0.15, 0.2) is 6.29 Å². The quantitative estimate of drug-likeness (QED) is 0.574. The van der Waals surface area contributed by atoms with Crippen LogP contribution in [-0.4, -0.2) is 37.8 Å². The second kappa shape index (κ2) is 6.82. The summed E-state index contributed by atoms with van der Waals surface area (Å²) in [7, 11) is -0.173. The Morgan fingerprint density at radius 3 is 2.24 bits per heavy atom. The Morgan fingerprint density at radius 2 is 1.67 bits per heavy atom. The molecule has 0 aromatic rings. The molecular weight excluding hydrogens is 267 g/mol. The van der Waals surface area contributed by atoms with E-state index in [4.69, 9.17) is 18.8 Å². The normalized spacial score (nSPS) is 27.4. The lowest BCUT2D eigenvalue weighted by Crippen LogP contribution is -2.41. The van der Waals surface area contributed by atoms with Gasteiger partial charge in [0.05, 0.1) is 24.4 Å². The summed E-state index contributed by atoms with van der Waals surface area (Å²) in [6.45, 7) is 12.1. The molecule has 2 heterocycles. The van der Waals surface area contributed by atoms with E-state index in [1.165, 1.54) is 0 Å². The Labute approximate surface area is 129 Å². The van der Waals surface area contributed by atoms with Crippen LogP contribution in [0.1, 0.15) is 53.9 Å². The summed E-state index contributed by atoms with van der Waals surface area (Å²) >= 11 is 0. The van der Waals surface area contributed by atoms with Crippen molar-refractivity contribution in [2.45, 2.75) is 77.2 Å². The molecule has 2 rings (SSSR count). The lowest BCUT2D eigenvalue weighted by atomic mass is 9.73. The highest BCUT2D eigenvalue weighted by Crippen LogP contribution is 2.40. The zero-order valence-corrected chi connectivity index (χ0v) is 14.1. The molecule has 0 aromatic carbocycles. The molecule has 4 nitrogen and oxygen atoms in total. The Kier molecular flexibility index (Phi) is 5.52. The van der Waals surface area contributed by atoms with Gasteiger partial charge in [-0.3, -0.25) is 0 Å². The molecule has 2 aliphatic rings. The topological polar surface area (TPSA) is 36.9 Å². The third kappa shape index (κ3) is 4.32. The zero-order chi connectivity index (χ0) is 15.5. The van der Waals surface area contributed by atoms with E-state index in [-0.39, 0.29) is 30.4 Å². The van der Waals surface area contributed by atoms with Crippen molar-refractivity contribution in [1.82, 2.24) is 0 Å². The number of hydrogen-bond donors (Lipinski definition) is 0. The number of allylic oxidation sites excluding steroid dienone is 2. The van der Waals surface area contributed by atoms with Crippen LogP contribution in [0.25, 0.3) is 0 Å². The highest BCUT2D eigenvalue weighted by atomic mass is 16.7. The largest absolute Gasteiger partial charge is 0.464 e. The van der Waals surface area contributed by atoms with Crippen molar-refractivity contribution in [2.24, 2.45) is 0 Å². The Bertz CT molecular complexity index is 345. The van der Waals surface area contributed by atoms with Crippen LogP contribution >= 0.6 is 0 Å². The summed E-state index contributed by atoms with van der Waals surface area (Å²) in [5, 5.41) is 0. The molecule has 0 radical (unpaired) electrons. The molecule has 5 heteroatoms. The van der Waals surface area contributed by atoms with Crippen molar-refractivity contribution in [1.29, 1.82) is 0 Å². The molecule has 21 heavy (non-hydrogen) atoms. The van der Waals surface area contributed by atoms with Crippen molar-refractivity contribution in [3.63, 3.8) is 0 Å². The first-order valence-corrected chi connectivity index (χ1v) is 8.07. The van der Waals surface area contributed by atoms with Crippen molar-refractivity contribution < 1.29 is 18.8 Å². The van der Waals surface area contributed by atoms with Gasteiger partial charge in [-0.1, -0.05) is 19.1 Å². The van der Waals surface area contributed by atoms with Gasteiger partial charge in [0.1, 0.15) is 0 Å². The molecule has 1 unspecified atom stereocenters. The molecule has 0 aromatic heterocycles. The van der Waals surface area contributed by atoms with Crippen molar-refractivity contribution >= 4 is 7.12 Å². The predicted molar refractivity (Wildman–Crippen MR) is 84.2 cm³/mol. The van der Waals surface area contributed by atoms with E-state index in [9.17, 15) is 0 Å². The molecule has 120 valence electrons. The van der Waals surface area contributed by atoms with E-state index in [0.29, 0.717) is 0 Å². The fourth-order valence-electron chi connectivity index (χ4n) is 2.44. The molecule has 2 saturated heterocycles. The SMILES string of the molecule is CC(/C=C/CCC1OCCCO1)B1OC(C)(C)C(C)(C)O1. The molecule has 1 atom stereocenters. The van der Waals surface area contributed by atoms with Gasteiger partial charge in [-0.15, -0.1) is 0 Å². The van der Waals surface area contributed by atoms with E-state index in [1.54, 1.807) is 0 Å². The van der Waals surface area contributed by atoms with Gasteiger partial charge in [0, 0.05) is 12.2 Å². The van der Waals surface area contributed by atoms with Crippen LogP contribution < -0.4 is 0 Å². The molecule has 2 aliphatic heterocycles. The average molecular weight is 296 g/mol. The van der Waals surface area contributed by atoms with E-state index in [2.05, 4.69) is 46.8 Å². The van der Waals surface area contributed by atoms with Gasteiger partial charge < -0.3 is 18.8 Å². The summed E-state index contributed by atoms with van der Waals surface area (Å²) in [6, 6.07) is 0. The van der Waals surface area contributed by atoms with Crippen LogP contribution in [0.5, 0.6) is 0 Å². The smallest absolute Gasteiger partial charge is 0.403 e. The third-order valence-corrected chi connectivity index (χ3v) is 4.61. The first-order chi connectivity index (χ1) is 9.82. The van der Waals surface area contributed by atoms with Crippen LogP contribution in [0.15, 0.2) is 12.2 Å². The molecule has 0 bridgehead atoms. The summed E-state index contributed by atoms with van der Waals surface area (Å²) in [5.74, 6) is 0.235. The first kappa shape index (κ1) is 17.0. The van der Waals surface area contributed by atoms with Crippen LogP contribution in [0.4, 0.5) is 0 Å². The summed E-state index contributed by atoms with van der Waals surface area (Å²) in [4.78, 5) is 0. The maximum Gasteiger partial charge on any atom is 0.464 e. The molecule has 0 spiro atoms. The number of hydrogen-bond acceptors (Lipinski definition) is 4. The summed E-state index contributed by atoms with van der Waals surface area (Å²) in [6.07, 6.45) is 7.18. The van der Waals surface area contributed by atoms with Gasteiger partial charge in [-0.25, -0.2) is 0 Å². The first-order valence-electron chi connectivity index (χ1n) is 8.07. The van der Waals surface area contributed by atoms with Crippen molar-refractivity contribution in [2.75, 3.05) is 13.2 Å². The minimum Gasteiger partial charge on any atom is -0.403 e. The zero-order valence-electron chi connectivity index (χ0n) is 14.1. The predicted octanol–water partition coefficient (Wildman–Crippen LogP) is 3.57. The van der Waals surface area contributed by atoms with Crippen LogP contribution in [0.3, 0.4) is 0 Å². The highest BCUT2D eigenvalue weighted by molar-refractivity contribution is 6.48. The van der Waals surface area contributed by atoms with Crippen molar-refractivity contribution in [3.05, 3.63) is 12.2 Å². The van der Waals surface area contributed by atoms with E-state index < -0.39 is 0 Å². The maximum atomic E-state index is 6.05. The van der Waals surface area contributed by atoms with Crippen LogP contribution in [0.2, 0.25) is 5.82 Å². The lowest BCUT2D eigenvalue weighted by Gasteiger charge is -2.32. The Balaban J connectivity index is 1.74. The maximum absolute atomic E-state index is 6.05. The summed E-state index contributed by atoms with van der Waals surface area (Å²) in [5.41, 5.74) is -0.521. The average Bonchev–Trinajstić information content (AvgIpc) is 2.65. The molecule has 0 amide bonds. The third-order valence-electron chi connectivity index (χ3n) is 4.61. The minimum atomic E-state index is -0.260. The van der Waals surface area contributed by atoms with Gasteiger partial charge in [0.2, 0.25) is 0 Å². The number of ether oxygens (including phenoxy) is 2. The molecule has 0 N–H and O–H groups in total. The Morgan fingerprint density at radius 1 is 1.10 bits per heavy atom. The van der Waals surface area contributed by atoms with Gasteiger partial charge in [-0.05, 0) is 40.5 Å². The highest BCUT2D eigenvalue weighted by Gasteiger charge is 2.52. The van der Waals surface area contributed by atoms with E-state index in [1.807, 2.05) is 0 Å². The van der Waals surface area contributed by atoms with Gasteiger partial charge in [0.25, 0.3) is 0 Å². The lowest BCUT2D eigenvalue weighted by molar-refractivity contribution is -0.180. The van der Waals surface area contributed by atoms with E-state index in [0.717, 1.165) is 32.5 Å². The number of rotatable bonds is 5. The summed E-state index contributed by atoms with van der Waals surface area (Å²) < 4.78 is 23.2. The molecule has 0 saturated carbocycles. The molecule has 0 aliphatic carbocycles. The molecule has 2 fully saturated rings. The van der Waals surface area contributed by atoms with Gasteiger partial charge in [-0.2, -0.15) is 0 Å². The fourth-order valence-corrected chi connectivity index (χ4v) is 2.44. The second-order valence-corrected chi connectivity index (χ2v) is 7.01. The van der Waals surface area contributed by atoms with E-state index >= 15 is 0 Å². The monoisotopic (exact) mass is 296 g/mol. The standard InChI is InChI=1S/C16H29BO4/c1-13(17-20-15(2,3)16(4,5)21-17)9-6-7-10-14-18-11-8-12-19-14/h6,9,13-14H,7-8,10-12H2,1-5H3/b9-6+. The fraction of sp³-hybridized carbons (Fsp3) is 0.875. The van der Waals surface area contributed by atoms with Crippen LogP contribution in [0, 0.1) is 0 Å².